The second kappa shape index (κ2) is 11.1. The number of hydrogen-bond acceptors (Lipinski definition) is 5. The smallest absolute Gasteiger partial charge is 0.283 e. The van der Waals surface area contributed by atoms with Crippen molar-refractivity contribution < 1.29 is 14.5 Å². The van der Waals surface area contributed by atoms with Crippen LogP contribution in [0.3, 0.4) is 0 Å². The molecular weight excluding hydrogens is 438 g/mol. The van der Waals surface area contributed by atoms with Crippen LogP contribution in [-0.4, -0.2) is 52.7 Å². The van der Waals surface area contributed by atoms with Gasteiger partial charge in [-0.05, 0) is 35.3 Å². The summed E-state index contributed by atoms with van der Waals surface area (Å²) in [6.45, 7) is 8.05. The molecule has 2 amide bonds. The molecule has 0 atom stereocenters. The van der Waals surface area contributed by atoms with Crippen molar-refractivity contribution in [2.45, 2.75) is 42.9 Å². The van der Waals surface area contributed by atoms with Gasteiger partial charge in [0.25, 0.3) is 5.69 Å². The number of nitro groups is 1. The van der Waals surface area contributed by atoms with Gasteiger partial charge in [-0.15, -0.1) is 0 Å². The zero-order valence-electron chi connectivity index (χ0n) is 19.2. The fraction of sp³-hybridized carbons (Fsp3) is 0.360. The molecule has 8 heteroatoms. The minimum absolute atomic E-state index is 0.0138. The summed E-state index contributed by atoms with van der Waals surface area (Å²) < 4.78 is 0. The molecule has 1 aliphatic rings. The fourth-order valence-corrected chi connectivity index (χ4v) is 4.89. The number of rotatable bonds is 7. The van der Waals surface area contributed by atoms with Crippen molar-refractivity contribution in [3.63, 3.8) is 0 Å². The highest BCUT2D eigenvalue weighted by atomic mass is 32.2. The first-order chi connectivity index (χ1) is 15.8. The summed E-state index contributed by atoms with van der Waals surface area (Å²) in [7, 11) is 0. The molecule has 0 saturated carbocycles. The van der Waals surface area contributed by atoms with E-state index in [4.69, 9.17) is 0 Å². The molecule has 0 unspecified atom stereocenters. The van der Waals surface area contributed by atoms with Gasteiger partial charge in [0.15, 0.2) is 0 Å². The van der Waals surface area contributed by atoms with E-state index in [1.807, 2.05) is 31.2 Å². The lowest BCUT2D eigenvalue weighted by Gasteiger charge is -2.34. The fourth-order valence-electron chi connectivity index (χ4n) is 3.71. The van der Waals surface area contributed by atoms with Gasteiger partial charge in [0.1, 0.15) is 0 Å². The van der Waals surface area contributed by atoms with Crippen molar-refractivity contribution in [2.75, 3.05) is 26.2 Å². The zero-order valence-corrected chi connectivity index (χ0v) is 20.0. The van der Waals surface area contributed by atoms with Crippen LogP contribution in [0.25, 0.3) is 6.08 Å². The maximum absolute atomic E-state index is 12.5. The zero-order chi connectivity index (χ0) is 24.0. The van der Waals surface area contributed by atoms with Gasteiger partial charge in [0, 0.05) is 49.6 Å². The molecule has 7 nitrogen and oxygen atoms in total. The molecule has 1 aliphatic heterocycles. The highest BCUT2D eigenvalue weighted by Gasteiger charge is 2.22. The Bertz CT molecular complexity index is 1060. The molecule has 0 bridgehead atoms. The summed E-state index contributed by atoms with van der Waals surface area (Å²) >= 11 is 1.38. The van der Waals surface area contributed by atoms with Gasteiger partial charge >= 0.3 is 0 Å². The summed E-state index contributed by atoms with van der Waals surface area (Å²) in [6, 6.07) is 12.9. The van der Waals surface area contributed by atoms with Crippen LogP contribution in [0.2, 0.25) is 0 Å². The van der Waals surface area contributed by atoms with Gasteiger partial charge in [-0.2, -0.15) is 0 Å². The Labute approximate surface area is 198 Å². The number of carbonyl (C=O) groups is 2. The standard InChI is InChI=1S/C25H29N3O4S/c1-4-24(29)26-13-15-27(16-14-26)25(30)12-10-19-9-11-23(21(17-19)28(31)32)33-22-8-6-5-7-20(22)18(2)3/h5-12,17-18H,4,13-16H2,1-3H3/b12-10+. The minimum atomic E-state index is -0.385. The molecule has 0 aliphatic carbocycles. The third-order valence-corrected chi connectivity index (χ3v) is 6.76. The van der Waals surface area contributed by atoms with Crippen molar-refractivity contribution in [3.05, 3.63) is 69.8 Å². The second-order valence-corrected chi connectivity index (χ2v) is 9.26. The van der Waals surface area contributed by atoms with E-state index in [0.717, 1.165) is 10.5 Å². The van der Waals surface area contributed by atoms with Crippen LogP contribution < -0.4 is 0 Å². The van der Waals surface area contributed by atoms with Gasteiger partial charge in [0.2, 0.25) is 11.8 Å². The number of nitrogens with zero attached hydrogens (tertiary/aromatic N) is 3. The van der Waals surface area contributed by atoms with Crippen LogP contribution in [0.5, 0.6) is 0 Å². The predicted octanol–water partition coefficient (Wildman–Crippen LogP) is 4.96. The van der Waals surface area contributed by atoms with Crippen LogP contribution >= 0.6 is 11.8 Å². The predicted molar refractivity (Wildman–Crippen MR) is 130 cm³/mol. The number of carbonyl (C=O) groups excluding carboxylic acids is 2. The van der Waals surface area contributed by atoms with E-state index in [9.17, 15) is 19.7 Å². The molecule has 33 heavy (non-hydrogen) atoms. The third kappa shape index (κ3) is 6.22. The number of piperazine rings is 1. The number of amides is 2. The Hall–Kier alpha value is -3.13. The van der Waals surface area contributed by atoms with E-state index in [1.165, 1.54) is 23.9 Å². The Morgan fingerprint density at radius 3 is 2.36 bits per heavy atom. The summed E-state index contributed by atoms with van der Waals surface area (Å²) in [5.74, 6) is 0.243. The van der Waals surface area contributed by atoms with Crippen LogP contribution in [0, 0.1) is 10.1 Å². The third-order valence-electron chi connectivity index (χ3n) is 5.61. The number of nitro benzene ring substituents is 1. The Morgan fingerprint density at radius 2 is 1.73 bits per heavy atom. The second-order valence-electron chi connectivity index (χ2n) is 8.17. The molecule has 1 saturated heterocycles. The molecule has 0 radical (unpaired) electrons. The van der Waals surface area contributed by atoms with Gasteiger partial charge in [0.05, 0.1) is 9.82 Å². The van der Waals surface area contributed by atoms with Gasteiger partial charge in [-0.1, -0.05) is 56.8 Å². The van der Waals surface area contributed by atoms with Crippen LogP contribution in [0.4, 0.5) is 5.69 Å². The van der Waals surface area contributed by atoms with Gasteiger partial charge < -0.3 is 9.80 Å². The summed E-state index contributed by atoms with van der Waals surface area (Å²) in [5.41, 5.74) is 1.75. The molecule has 2 aromatic carbocycles. The Kier molecular flexibility index (Phi) is 8.27. The van der Waals surface area contributed by atoms with Crippen molar-refractivity contribution in [1.82, 2.24) is 9.80 Å². The van der Waals surface area contributed by atoms with E-state index in [2.05, 4.69) is 13.8 Å². The molecule has 1 fully saturated rings. The SMILES string of the molecule is CCC(=O)N1CCN(C(=O)/C=C/c2ccc(Sc3ccccc3C(C)C)c([N+](=O)[O-])c2)CC1. The van der Waals surface area contributed by atoms with Crippen LogP contribution in [0.15, 0.2) is 58.3 Å². The molecule has 0 aromatic heterocycles. The Morgan fingerprint density at radius 1 is 1.06 bits per heavy atom. The number of benzene rings is 2. The number of hydrogen-bond donors (Lipinski definition) is 0. The first-order valence-corrected chi connectivity index (χ1v) is 11.9. The van der Waals surface area contributed by atoms with E-state index >= 15 is 0 Å². The van der Waals surface area contributed by atoms with Crippen molar-refractivity contribution >= 4 is 35.3 Å². The maximum Gasteiger partial charge on any atom is 0.283 e. The molecule has 0 spiro atoms. The Balaban J connectivity index is 1.72. The van der Waals surface area contributed by atoms with E-state index in [-0.39, 0.29) is 22.4 Å². The van der Waals surface area contributed by atoms with Crippen molar-refractivity contribution in [1.29, 1.82) is 0 Å². The average molecular weight is 468 g/mol. The average Bonchev–Trinajstić information content (AvgIpc) is 2.82. The van der Waals surface area contributed by atoms with Gasteiger partial charge in [-0.25, -0.2) is 0 Å². The molecule has 0 N–H and O–H groups in total. The van der Waals surface area contributed by atoms with Gasteiger partial charge in [-0.3, -0.25) is 19.7 Å². The van der Waals surface area contributed by atoms with E-state index < -0.39 is 0 Å². The molecule has 1 heterocycles. The largest absolute Gasteiger partial charge is 0.339 e. The summed E-state index contributed by atoms with van der Waals surface area (Å²) in [4.78, 5) is 40.7. The molecule has 2 aromatic rings. The lowest BCUT2D eigenvalue weighted by Crippen LogP contribution is -2.50. The highest BCUT2D eigenvalue weighted by Crippen LogP contribution is 2.39. The van der Waals surface area contributed by atoms with Crippen molar-refractivity contribution in [3.8, 4) is 0 Å². The molecule has 3 rings (SSSR count). The van der Waals surface area contributed by atoms with Crippen LogP contribution in [-0.2, 0) is 9.59 Å². The van der Waals surface area contributed by atoms with Crippen molar-refractivity contribution in [2.24, 2.45) is 0 Å². The topological polar surface area (TPSA) is 83.8 Å². The molecular formula is C25H29N3O4S. The first-order valence-electron chi connectivity index (χ1n) is 11.1. The first kappa shape index (κ1) is 24.5. The normalized spacial score (nSPS) is 14.2. The lowest BCUT2D eigenvalue weighted by atomic mass is 10.0. The summed E-state index contributed by atoms with van der Waals surface area (Å²) in [6.07, 6.45) is 3.51. The quantitative estimate of drug-likeness (QED) is 0.326. The van der Waals surface area contributed by atoms with E-state index in [0.29, 0.717) is 49.0 Å². The lowest BCUT2D eigenvalue weighted by molar-refractivity contribution is -0.387. The highest BCUT2D eigenvalue weighted by molar-refractivity contribution is 7.99. The monoisotopic (exact) mass is 467 g/mol. The van der Waals surface area contributed by atoms with Crippen LogP contribution in [0.1, 0.15) is 44.2 Å². The van der Waals surface area contributed by atoms with E-state index in [1.54, 1.807) is 28.0 Å². The maximum atomic E-state index is 12.5. The summed E-state index contributed by atoms with van der Waals surface area (Å²) in [5, 5.41) is 11.7. The minimum Gasteiger partial charge on any atom is -0.339 e. The molecule has 174 valence electrons.